The fourth-order valence-corrected chi connectivity index (χ4v) is 2.51. The smallest absolute Gasteiger partial charge is 0.243 e. The zero-order valence-corrected chi connectivity index (χ0v) is 16.0. The molecule has 0 fully saturated rings. The average molecular weight is 405 g/mol. The van der Waals surface area contributed by atoms with Gasteiger partial charge in [0.15, 0.2) is 5.75 Å². The molecule has 2 aromatic heterocycles. The summed E-state index contributed by atoms with van der Waals surface area (Å²) >= 11 is 10.2. The number of benzene rings is 1. The van der Waals surface area contributed by atoms with Crippen molar-refractivity contribution < 1.29 is 9.53 Å². The summed E-state index contributed by atoms with van der Waals surface area (Å²) in [5, 5.41) is 10.1. The topological polar surface area (TPSA) is 94.0 Å². The first-order valence-electron chi connectivity index (χ1n) is 8.01. The van der Waals surface area contributed by atoms with Crippen LogP contribution in [-0.4, -0.2) is 31.4 Å². The second-order valence-corrected chi connectivity index (χ2v) is 6.35. The molecule has 10 heteroatoms. The van der Waals surface area contributed by atoms with Crippen LogP contribution in [0.3, 0.4) is 0 Å². The molecule has 140 valence electrons. The van der Waals surface area contributed by atoms with Crippen LogP contribution in [0.4, 0.5) is 17.3 Å². The van der Waals surface area contributed by atoms with Gasteiger partial charge in [-0.1, -0.05) is 23.7 Å². The highest BCUT2D eigenvalue weighted by atomic mass is 35.5. The number of aryl methyl sites for hydroxylation is 1. The Balaban J connectivity index is 1.81. The van der Waals surface area contributed by atoms with Gasteiger partial charge in [0.05, 0.1) is 23.8 Å². The Kier molecular flexibility index (Phi) is 6.15. The van der Waals surface area contributed by atoms with Gasteiger partial charge in [-0.15, -0.1) is 0 Å². The number of carbonyl (C=O) groups is 1. The number of para-hydroxylation sites is 2. The van der Waals surface area contributed by atoms with E-state index in [4.69, 9.17) is 16.3 Å². The van der Waals surface area contributed by atoms with Crippen LogP contribution in [0.2, 0.25) is 5.02 Å². The Bertz CT molecular complexity index is 949. The van der Waals surface area contributed by atoms with Gasteiger partial charge in [-0.2, -0.15) is 22.7 Å². The van der Waals surface area contributed by atoms with Crippen molar-refractivity contribution in [2.45, 2.75) is 6.42 Å². The van der Waals surface area contributed by atoms with Gasteiger partial charge >= 0.3 is 0 Å². The van der Waals surface area contributed by atoms with E-state index in [1.54, 1.807) is 48.4 Å². The number of rotatable bonds is 7. The second kappa shape index (κ2) is 8.74. The molecule has 1 amide bonds. The molecule has 3 aromatic rings. The highest BCUT2D eigenvalue weighted by Gasteiger charge is 2.13. The third-order valence-corrected chi connectivity index (χ3v) is 3.86. The Hall–Kier alpha value is -2.78. The van der Waals surface area contributed by atoms with Crippen molar-refractivity contribution in [3.05, 3.63) is 47.9 Å². The lowest BCUT2D eigenvalue weighted by Crippen LogP contribution is -2.12. The lowest BCUT2D eigenvalue weighted by Gasteiger charge is -2.12. The standard InChI is InChI=1S/C17H17ClN6O2S/c1-24-10-11(8-20-24)21-17-19-9-12(18)16(23-17)26-14-5-3-2-4-13(14)22-15(25)6-7-27/h2-5,8-10,27H,6-7H2,1H3,(H,22,25)(H,19,21,23). The molecule has 0 spiro atoms. The first-order valence-corrected chi connectivity index (χ1v) is 9.02. The summed E-state index contributed by atoms with van der Waals surface area (Å²) in [6, 6.07) is 7.02. The van der Waals surface area contributed by atoms with E-state index in [-0.39, 0.29) is 16.8 Å². The first-order chi connectivity index (χ1) is 13.0. The minimum absolute atomic E-state index is 0.159. The third kappa shape index (κ3) is 5.11. The quantitative estimate of drug-likeness (QED) is 0.520. The van der Waals surface area contributed by atoms with Gasteiger partial charge in [0.25, 0.3) is 0 Å². The molecule has 0 bridgehead atoms. The fourth-order valence-electron chi connectivity index (χ4n) is 2.18. The summed E-state index contributed by atoms with van der Waals surface area (Å²) in [4.78, 5) is 20.3. The van der Waals surface area contributed by atoms with Crippen LogP contribution in [0.15, 0.2) is 42.9 Å². The van der Waals surface area contributed by atoms with Gasteiger partial charge in [0, 0.05) is 19.7 Å². The minimum Gasteiger partial charge on any atom is -0.435 e. The van der Waals surface area contributed by atoms with Gasteiger partial charge < -0.3 is 15.4 Å². The Morgan fingerprint density at radius 2 is 2.15 bits per heavy atom. The number of nitrogens with one attached hydrogen (secondary N) is 2. The number of ether oxygens (including phenoxy) is 1. The lowest BCUT2D eigenvalue weighted by molar-refractivity contribution is -0.115. The van der Waals surface area contributed by atoms with E-state index in [0.717, 1.165) is 5.69 Å². The van der Waals surface area contributed by atoms with Gasteiger partial charge in [0.2, 0.25) is 17.7 Å². The second-order valence-electron chi connectivity index (χ2n) is 5.49. The molecule has 0 radical (unpaired) electrons. The molecular formula is C17H17ClN6O2S. The molecular weight excluding hydrogens is 388 g/mol. The highest BCUT2D eigenvalue weighted by molar-refractivity contribution is 7.80. The van der Waals surface area contributed by atoms with Gasteiger partial charge in [-0.05, 0) is 17.9 Å². The van der Waals surface area contributed by atoms with Crippen molar-refractivity contribution in [1.82, 2.24) is 19.7 Å². The molecule has 2 heterocycles. The zero-order chi connectivity index (χ0) is 19.2. The SMILES string of the molecule is Cn1cc(Nc2ncc(Cl)c(Oc3ccccc3NC(=O)CCS)n2)cn1. The molecule has 0 saturated heterocycles. The van der Waals surface area contributed by atoms with Crippen molar-refractivity contribution >= 4 is 47.5 Å². The molecule has 27 heavy (non-hydrogen) atoms. The number of aromatic nitrogens is 4. The predicted molar refractivity (Wildman–Crippen MR) is 107 cm³/mol. The normalized spacial score (nSPS) is 10.5. The number of thiol groups is 1. The number of carbonyl (C=O) groups excluding carboxylic acids is 1. The minimum atomic E-state index is -0.159. The summed E-state index contributed by atoms with van der Waals surface area (Å²) in [6.07, 6.45) is 5.16. The van der Waals surface area contributed by atoms with Crippen LogP contribution >= 0.6 is 24.2 Å². The maximum atomic E-state index is 11.9. The van der Waals surface area contributed by atoms with Crippen molar-refractivity contribution in [3.63, 3.8) is 0 Å². The Labute approximate surface area is 166 Å². The maximum absolute atomic E-state index is 11.9. The first kappa shape index (κ1) is 19.0. The molecule has 2 N–H and O–H groups in total. The molecule has 0 aliphatic rings. The van der Waals surface area contributed by atoms with Gasteiger partial charge in [-0.3, -0.25) is 9.48 Å². The van der Waals surface area contributed by atoms with Crippen LogP contribution in [0, 0.1) is 0 Å². The molecule has 1 aromatic carbocycles. The Morgan fingerprint density at radius 1 is 1.33 bits per heavy atom. The summed E-state index contributed by atoms with van der Waals surface area (Å²) in [5.74, 6) is 1.18. The monoisotopic (exact) mass is 404 g/mol. The van der Waals surface area contributed by atoms with E-state index in [0.29, 0.717) is 29.6 Å². The van der Waals surface area contributed by atoms with Crippen molar-refractivity contribution in [1.29, 1.82) is 0 Å². The Morgan fingerprint density at radius 3 is 2.89 bits per heavy atom. The summed E-state index contributed by atoms with van der Waals surface area (Å²) in [7, 11) is 1.81. The van der Waals surface area contributed by atoms with Gasteiger partial charge in [0.1, 0.15) is 5.02 Å². The van der Waals surface area contributed by atoms with E-state index >= 15 is 0 Å². The molecule has 0 saturated carbocycles. The number of anilines is 3. The highest BCUT2D eigenvalue weighted by Crippen LogP contribution is 2.32. The molecule has 3 rings (SSSR count). The number of hydrogen-bond acceptors (Lipinski definition) is 7. The maximum Gasteiger partial charge on any atom is 0.243 e. The van der Waals surface area contributed by atoms with E-state index in [1.165, 1.54) is 6.20 Å². The van der Waals surface area contributed by atoms with Crippen molar-refractivity contribution in [2.75, 3.05) is 16.4 Å². The van der Waals surface area contributed by atoms with E-state index in [2.05, 4.69) is 38.3 Å². The van der Waals surface area contributed by atoms with Crippen LogP contribution < -0.4 is 15.4 Å². The van der Waals surface area contributed by atoms with Crippen LogP contribution in [0.1, 0.15) is 6.42 Å². The molecule has 0 unspecified atom stereocenters. The van der Waals surface area contributed by atoms with Crippen molar-refractivity contribution in [3.8, 4) is 11.6 Å². The molecule has 0 atom stereocenters. The largest absolute Gasteiger partial charge is 0.435 e. The van der Waals surface area contributed by atoms with Crippen molar-refractivity contribution in [2.24, 2.45) is 7.05 Å². The summed E-state index contributed by atoms with van der Waals surface area (Å²) < 4.78 is 7.48. The third-order valence-electron chi connectivity index (χ3n) is 3.38. The van der Waals surface area contributed by atoms with E-state index < -0.39 is 0 Å². The van der Waals surface area contributed by atoms with E-state index in [9.17, 15) is 4.79 Å². The zero-order valence-electron chi connectivity index (χ0n) is 14.4. The number of amides is 1. The average Bonchev–Trinajstić information content (AvgIpc) is 3.04. The number of halogens is 1. The van der Waals surface area contributed by atoms with E-state index in [1.807, 2.05) is 0 Å². The van der Waals surface area contributed by atoms with Crippen LogP contribution in [0.25, 0.3) is 0 Å². The predicted octanol–water partition coefficient (Wildman–Crippen LogP) is 3.66. The lowest BCUT2D eigenvalue weighted by atomic mass is 10.3. The summed E-state index contributed by atoms with van der Waals surface area (Å²) in [5.41, 5.74) is 1.24. The number of hydrogen-bond donors (Lipinski definition) is 3. The van der Waals surface area contributed by atoms with Crippen LogP contribution in [-0.2, 0) is 11.8 Å². The van der Waals surface area contributed by atoms with Gasteiger partial charge in [-0.25, -0.2) is 4.98 Å². The fraction of sp³-hybridized carbons (Fsp3) is 0.176. The molecule has 0 aliphatic carbocycles. The molecule has 0 aliphatic heterocycles. The number of nitrogens with zero attached hydrogens (tertiary/aromatic N) is 4. The summed E-state index contributed by atoms with van der Waals surface area (Å²) in [6.45, 7) is 0. The van der Waals surface area contributed by atoms with Crippen LogP contribution in [0.5, 0.6) is 11.6 Å². The molecule has 8 nitrogen and oxygen atoms in total.